The Labute approximate surface area is 290 Å². The summed E-state index contributed by atoms with van der Waals surface area (Å²) in [5, 5.41) is 12.2. The second-order valence-corrected chi connectivity index (χ2v) is 13.0. The molecule has 0 fully saturated rings. The smallest absolute Gasteiger partial charge is 0.0792 e. The van der Waals surface area contributed by atoms with Crippen LogP contribution in [0.25, 0.3) is 98.5 Å². The van der Waals surface area contributed by atoms with Crippen molar-refractivity contribution in [2.24, 2.45) is 0 Å². The van der Waals surface area contributed by atoms with Crippen LogP contribution in [0.2, 0.25) is 0 Å². The van der Waals surface area contributed by atoms with Gasteiger partial charge in [0.25, 0.3) is 0 Å². The molecule has 1 heteroatoms. The highest BCUT2D eigenvalue weighted by molar-refractivity contribution is 6.25. The molecule has 0 spiro atoms. The number of hydrogen-bond donors (Lipinski definition) is 0. The zero-order chi connectivity index (χ0) is 33.0. The van der Waals surface area contributed by atoms with E-state index in [-0.39, 0.29) is 0 Å². The van der Waals surface area contributed by atoms with Gasteiger partial charge in [0.05, 0.1) is 5.69 Å². The third-order valence-corrected chi connectivity index (χ3v) is 10.3. The molecule has 1 nitrogen and oxygen atoms in total. The van der Waals surface area contributed by atoms with Gasteiger partial charge in [0.1, 0.15) is 0 Å². The third kappa shape index (κ3) is 4.37. The zero-order valence-electron chi connectivity index (χ0n) is 27.3. The lowest BCUT2D eigenvalue weighted by atomic mass is 9.82. The van der Waals surface area contributed by atoms with Crippen molar-refractivity contribution in [3.63, 3.8) is 0 Å². The van der Waals surface area contributed by atoms with Gasteiger partial charge in [-0.1, -0.05) is 170 Å². The van der Waals surface area contributed by atoms with Gasteiger partial charge in [-0.15, -0.1) is 0 Å². The fourth-order valence-electron chi connectivity index (χ4n) is 8.17. The zero-order valence-corrected chi connectivity index (χ0v) is 27.3. The molecule has 10 rings (SSSR count). The summed E-state index contributed by atoms with van der Waals surface area (Å²) < 4.78 is 0. The first kappa shape index (κ1) is 28.4. The number of rotatable bonds is 4. The molecule has 0 aliphatic heterocycles. The molecule has 0 saturated carbocycles. The molecule has 0 bridgehead atoms. The molecular formula is C49H31N. The standard InChI is InChI=1S/C49H31N/c1-3-16-33(17-4-1)46-38-22-10-9-21-37(38)44-31-35(27-28-43(44)47(46)34-18-5-2-6-19-34)45-39-23-11-13-25-41(39)48(42-26-14-12-24-40(42)45)49-36-20-8-7-15-32(36)29-30-50-49/h1-31H. The second kappa shape index (κ2) is 11.5. The first-order valence-electron chi connectivity index (χ1n) is 17.2. The predicted octanol–water partition coefficient (Wildman–Crippen LogP) is 13.5. The third-order valence-electron chi connectivity index (χ3n) is 10.3. The van der Waals surface area contributed by atoms with E-state index in [0.29, 0.717) is 0 Å². The minimum absolute atomic E-state index is 1.02. The van der Waals surface area contributed by atoms with Crippen molar-refractivity contribution in [3.8, 4) is 44.6 Å². The quantitative estimate of drug-likeness (QED) is 0.139. The van der Waals surface area contributed by atoms with Gasteiger partial charge in [-0.05, 0) is 94.0 Å². The summed E-state index contributed by atoms with van der Waals surface area (Å²) in [5.74, 6) is 0. The fourth-order valence-corrected chi connectivity index (χ4v) is 8.17. The molecule has 0 atom stereocenters. The van der Waals surface area contributed by atoms with Gasteiger partial charge in [-0.2, -0.15) is 0 Å². The molecule has 10 aromatic rings. The molecule has 0 radical (unpaired) electrons. The molecule has 232 valence electrons. The van der Waals surface area contributed by atoms with Crippen LogP contribution in [-0.2, 0) is 0 Å². The van der Waals surface area contributed by atoms with Gasteiger partial charge in [-0.25, -0.2) is 0 Å². The average molecular weight is 634 g/mol. The molecule has 0 unspecified atom stereocenters. The van der Waals surface area contributed by atoms with Crippen LogP contribution in [0.5, 0.6) is 0 Å². The van der Waals surface area contributed by atoms with Crippen LogP contribution in [0.4, 0.5) is 0 Å². The Morgan fingerprint density at radius 3 is 1.28 bits per heavy atom. The van der Waals surface area contributed by atoms with Crippen molar-refractivity contribution in [1.29, 1.82) is 0 Å². The average Bonchev–Trinajstić information content (AvgIpc) is 3.19. The lowest BCUT2D eigenvalue weighted by Gasteiger charge is -2.21. The Morgan fingerprint density at radius 2 is 0.700 bits per heavy atom. The largest absolute Gasteiger partial charge is 0.256 e. The van der Waals surface area contributed by atoms with E-state index in [4.69, 9.17) is 4.98 Å². The summed E-state index contributed by atoms with van der Waals surface area (Å²) in [6.45, 7) is 0. The Kier molecular flexibility index (Phi) is 6.57. The first-order valence-corrected chi connectivity index (χ1v) is 17.2. The molecule has 0 aliphatic rings. The Balaban J connectivity index is 1.33. The molecular weight excluding hydrogens is 603 g/mol. The number of nitrogens with zero attached hydrogens (tertiary/aromatic N) is 1. The number of benzene rings is 9. The van der Waals surface area contributed by atoms with Crippen LogP contribution in [0.3, 0.4) is 0 Å². The molecule has 1 heterocycles. The van der Waals surface area contributed by atoms with Crippen LogP contribution in [-0.4, -0.2) is 4.98 Å². The summed E-state index contributed by atoms with van der Waals surface area (Å²) in [7, 11) is 0. The van der Waals surface area contributed by atoms with E-state index in [0.717, 1.165) is 11.1 Å². The first-order chi connectivity index (χ1) is 24.8. The van der Waals surface area contributed by atoms with Gasteiger partial charge < -0.3 is 0 Å². The van der Waals surface area contributed by atoms with E-state index in [1.54, 1.807) is 0 Å². The van der Waals surface area contributed by atoms with E-state index in [9.17, 15) is 0 Å². The maximum atomic E-state index is 5.03. The van der Waals surface area contributed by atoms with Gasteiger partial charge in [0, 0.05) is 17.1 Å². The highest BCUT2D eigenvalue weighted by Crippen LogP contribution is 2.48. The van der Waals surface area contributed by atoms with E-state index in [1.165, 1.54) is 87.4 Å². The second-order valence-electron chi connectivity index (χ2n) is 13.0. The molecule has 0 N–H and O–H groups in total. The Hall–Kier alpha value is -6.57. The lowest BCUT2D eigenvalue weighted by molar-refractivity contribution is 1.37. The summed E-state index contributed by atoms with van der Waals surface area (Å²) in [6, 6.07) is 66.1. The number of aromatic nitrogens is 1. The molecule has 1 aromatic heterocycles. The molecule has 0 aliphatic carbocycles. The van der Waals surface area contributed by atoms with E-state index in [2.05, 4.69) is 182 Å². The van der Waals surface area contributed by atoms with Crippen molar-refractivity contribution in [3.05, 3.63) is 188 Å². The van der Waals surface area contributed by atoms with Crippen molar-refractivity contribution in [2.45, 2.75) is 0 Å². The normalized spacial score (nSPS) is 11.6. The summed E-state index contributed by atoms with van der Waals surface area (Å²) >= 11 is 0. The van der Waals surface area contributed by atoms with Crippen LogP contribution >= 0.6 is 0 Å². The summed E-state index contributed by atoms with van der Waals surface area (Å²) in [5.41, 5.74) is 9.65. The van der Waals surface area contributed by atoms with Crippen LogP contribution in [0.15, 0.2) is 188 Å². The van der Waals surface area contributed by atoms with Gasteiger partial charge in [0.15, 0.2) is 0 Å². The highest BCUT2D eigenvalue weighted by Gasteiger charge is 2.21. The lowest BCUT2D eigenvalue weighted by Crippen LogP contribution is -1.94. The minimum Gasteiger partial charge on any atom is -0.256 e. The van der Waals surface area contributed by atoms with Crippen molar-refractivity contribution in [2.75, 3.05) is 0 Å². The van der Waals surface area contributed by atoms with Crippen molar-refractivity contribution >= 4 is 53.9 Å². The van der Waals surface area contributed by atoms with Crippen molar-refractivity contribution in [1.82, 2.24) is 4.98 Å². The topological polar surface area (TPSA) is 12.9 Å². The van der Waals surface area contributed by atoms with Crippen LogP contribution in [0.1, 0.15) is 0 Å². The SMILES string of the molecule is c1ccc(-c2c(-c3ccccc3)c3ccc(-c4c5ccccc5c(-c5nccc6ccccc56)c5ccccc45)cc3c3ccccc23)cc1. The monoisotopic (exact) mass is 633 g/mol. The molecule has 0 amide bonds. The molecule has 50 heavy (non-hydrogen) atoms. The van der Waals surface area contributed by atoms with Crippen LogP contribution < -0.4 is 0 Å². The molecule has 0 saturated heterocycles. The Morgan fingerprint density at radius 1 is 0.260 bits per heavy atom. The summed E-state index contributed by atoms with van der Waals surface area (Å²) in [4.78, 5) is 5.03. The van der Waals surface area contributed by atoms with E-state index < -0.39 is 0 Å². The maximum absolute atomic E-state index is 5.03. The van der Waals surface area contributed by atoms with Gasteiger partial charge in [-0.3, -0.25) is 4.98 Å². The summed E-state index contributed by atoms with van der Waals surface area (Å²) in [6.07, 6.45) is 1.94. The van der Waals surface area contributed by atoms with Gasteiger partial charge in [0.2, 0.25) is 0 Å². The Bertz CT molecular complexity index is 2840. The number of pyridine rings is 1. The van der Waals surface area contributed by atoms with Crippen LogP contribution in [0, 0.1) is 0 Å². The van der Waals surface area contributed by atoms with Gasteiger partial charge >= 0.3 is 0 Å². The highest BCUT2D eigenvalue weighted by atomic mass is 14.7. The van der Waals surface area contributed by atoms with Crippen molar-refractivity contribution < 1.29 is 0 Å². The maximum Gasteiger partial charge on any atom is 0.0792 e. The van der Waals surface area contributed by atoms with E-state index >= 15 is 0 Å². The van der Waals surface area contributed by atoms with E-state index in [1.807, 2.05) is 6.20 Å². The predicted molar refractivity (Wildman–Crippen MR) is 214 cm³/mol. The molecule has 9 aromatic carbocycles. The number of hydrogen-bond acceptors (Lipinski definition) is 1. The number of fused-ring (bicyclic) bond motifs is 6. The minimum atomic E-state index is 1.02. The fraction of sp³-hybridized carbons (Fsp3) is 0.